The van der Waals surface area contributed by atoms with Gasteiger partial charge in [0, 0.05) is 23.8 Å². The van der Waals surface area contributed by atoms with Gasteiger partial charge in [-0.25, -0.2) is 0 Å². The molecule has 0 bridgehead atoms. The summed E-state index contributed by atoms with van der Waals surface area (Å²) in [6.07, 6.45) is 3.68. The fraction of sp³-hybridized carbons (Fsp3) is 0. The zero-order chi connectivity index (χ0) is 28.1. The first-order valence-electron chi connectivity index (χ1n) is 14.2. The average Bonchev–Trinajstić information content (AvgIpc) is 3.72. The largest absolute Gasteiger partial charge is 2.00 e. The molecule has 3 heteroatoms. The minimum Gasteiger partial charge on any atom is -0.272 e. The average molecular weight is 628 g/mol. The van der Waals surface area contributed by atoms with Gasteiger partial charge in [0.15, 0.2) is 0 Å². The maximum Gasteiger partial charge on any atom is 2.00 e. The molecule has 0 unspecified atom stereocenters. The standard InChI is InChI=1S/2C20H14N.Zr/c2*1-2-7-15(8-3-1)16-9-6-10-17-18(16)12-13-19(17)20-11-4-5-14-21-20;/h2*1-14H;/q2*-1;+2. The second-order valence-electron chi connectivity index (χ2n) is 10.2. The van der Waals surface area contributed by atoms with Crippen LogP contribution in [0.1, 0.15) is 0 Å². The van der Waals surface area contributed by atoms with E-state index in [-0.39, 0.29) is 26.2 Å². The summed E-state index contributed by atoms with van der Waals surface area (Å²) >= 11 is 0. The van der Waals surface area contributed by atoms with Crippen LogP contribution >= 0.6 is 0 Å². The summed E-state index contributed by atoms with van der Waals surface area (Å²) in [6, 6.07) is 54.8. The van der Waals surface area contributed by atoms with Crippen molar-refractivity contribution in [3.63, 3.8) is 0 Å². The first-order chi connectivity index (χ1) is 20.9. The van der Waals surface area contributed by atoms with Crippen LogP contribution in [0, 0.1) is 0 Å². The smallest absolute Gasteiger partial charge is 0.272 e. The van der Waals surface area contributed by atoms with Gasteiger partial charge in [0.2, 0.25) is 0 Å². The molecule has 0 aliphatic heterocycles. The predicted octanol–water partition coefficient (Wildman–Crippen LogP) is 10.6. The van der Waals surface area contributed by atoms with Crippen molar-refractivity contribution in [2.24, 2.45) is 0 Å². The summed E-state index contributed by atoms with van der Waals surface area (Å²) in [5, 5.41) is 5.08. The molecule has 0 atom stereocenters. The van der Waals surface area contributed by atoms with Gasteiger partial charge in [0.05, 0.1) is 0 Å². The van der Waals surface area contributed by atoms with E-state index >= 15 is 0 Å². The van der Waals surface area contributed by atoms with Crippen molar-refractivity contribution in [3.8, 4) is 44.8 Å². The summed E-state index contributed by atoms with van der Waals surface area (Å²) in [5.41, 5.74) is 9.50. The quantitative estimate of drug-likeness (QED) is 0.181. The third kappa shape index (κ3) is 5.82. The van der Waals surface area contributed by atoms with E-state index in [9.17, 15) is 0 Å². The van der Waals surface area contributed by atoms with E-state index < -0.39 is 0 Å². The Morgan fingerprint density at radius 2 is 0.791 bits per heavy atom. The molecule has 6 aromatic carbocycles. The summed E-state index contributed by atoms with van der Waals surface area (Å²) in [4.78, 5) is 8.95. The molecule has 0 amide bonds. The molecule has 2 heterocycles. The zero-order valence-corrected chi connectivity index (χ0v) is 26.0. The Morgan fingerprint density at radius 1 is 0.372 bits per heavy atom. The fourth-order valence-corrected chi connectivity index (χ4v) is 5.70. The van der Waals surface area contributed by atoms with Gasteiger partial charge < -0.3 is 0 Å². The Bertz CT molecular complexity index is 1910. The first kappa shape index (κ1) is 28.4. The molecule has 43 heavy (non-hydrogen) atoms. The maximum absolute atomic E-state index is 4.47. The van der Waals surface area contributed by atoms with Crippen LogP contribution in [-0.4, -0.2) is 9.97 Å². The minimum absolute atomic E-state index is 0. The second kappa shape index (κ2) is 13.1. The normalized spacial score (nSPS) is 10.6. The van der Waals surface area contributed by atoms with Crippen LogP contribution in [0.3, 0.4) is 0 Å². The molecule has 0 N–H and O–H groups in total. The number of hydrogen-bond donors (Lipinski definition) is 0. The molecule has 0 saturated heterocycles. The Morgan fingerprint density at radius 3 is 1.19 bits per heavy atom. The monoisotopic (exact) mass is 626 g/mol. The number of pyridine rings is 2. The van der Waals surface area contributed by atoms with Crippen molar-refractivity contribution < 1.29 is 26.2 Å². The van der Waals surface area contributed by atoms with E-state index in [0.717, 1.165) is 11.4 Å². The van der Waals surface area contributed by atoms with Crippen molar-refractivity contribution in [1.82, 2.24) is 9.97 Å². The molecule has 202 valence electrons. The SMILES string of the molecule is [Zr+2].c1ccc(-c2cccc3c2cc[c-]3-c2ccccn2)cc1.c1ccc(-c2cccc3c2cc[c-]3-c2ccccn2)cc1. The molecule has 0 spiro atoms. The Kier molecular flexibility index (Phi) is 8.63. The van der Waals surface area contributed by atoms with Crippen LogP contribution in [0.15, 0.2) is 170 Å². The molecule has 8 aromatic rings. The van der Waals surface area contributed by atoms with Gasteiger partial charge in [-0.1, -0.05) is 144 Å². The fourth-order valence-electron chi connectivity index (χ4n) is 5.70. The van der Waals surface area contributed by atoms with Crippen LogP contribution in [-0.2, 0) is 26.2 Å². The van der Waals surface area contributed by atoms with Gasteiger partial charge in [-0.05, 0) is 11.1 Å². The Balaban J connectivity index is 0.000000150. The molecule has 2 aromatic heterocycles. The number of rotatable bonds is 4. The number of fused-ring (bicyclic) bond motifs is 2. The van der Waals surface area contributed by atoms with Gasteiger partial charge in [-0.3, -0.25) is 9.97 Å². The van der Waals surface area contributed by atoms with Crippen LogP contribution in [0.4, 0.5) is 0 Å². The van der Waals surface area contributed by atoms with Crippen LogP contribution < -0.4 is 0 Å². The van der Waals surface area contributed by atoms with E-state index in [2.05, 4.69) is 131 Å². The summed E-state index contributed by atoms with van der Waals surface area (Å²) in [7, 11) is 0. The van der Waals surface area contributed by atoms with Gasteiger partial charge in [0.1, 0.15) is 0 Å². The summed E-state index contributed by atoms with van der Waals surface area (Å²) in [5.74, 6) is 0. The van der Waals surface area contributed by atoms with E-state index in [4.69, 9.17) is 0 Å². The molecule has 0 radical (unpaired) electrons. The molecule has 0 aliphatic carbocycles. The molecule has 0 aliphatic rings. The first-order valence-corrected chi connectivity index (χ1v) is 14.2. The van der Waals surface area contributed by atoms with E-state index in [1.165, 1.54) is 54.9 Å². The number of benzene rings is 4. The number of nitrogens with zero attached hydrogens (tertiary/aromatic N) is 2. The van der Waals surface area contributed by atoms with Crippen molar-refractivity contribution in [1.29, 1.82) is 0 Å². The topological polar surface area (TPSA) is 25.8 Å². The molecular weight excluding hydrogens is 600 g/mol. The second-order valence-corrected chi connectivity index (χ2v) is 10.2. The Labute approximate surface area is 271 Å². The van der Waals surface area contributed by atoms with Gasteiger partial charge >= 0.3 is 26.2 Å². The van der Waals surface area contributed by atoms with Crippen LogP contribution in [0.5, 0.6) is 0 Å². The Hall–Kier alpha value is -4.72. The van der Waals surface area contributed by atoms with Gasteiger partial charge in [0.25, 0.3) is 0 Å². The third-order valence-electron chi connectivity index (χ3n) is 7.68. The summed E-state index contributed by atoms with van der Waals surface area (Å²) in [6.45, 7) is 0. The van der Waals surface area contributed by atoms with E-state index in [0.29, 0.717) is 0 Å². The molecule has 8 rings (SSSR count). The van der Waals surface area contributed by atoms with E-state index in [1.54, 1.807) is 0 Å². The molecule has 0 saturated carbocycles. The van der Waals surface area contributed by atoms with Crippen LogP contribution in [0.25, 0.3) is 66.3 Å². The number of aromatic nitrogens is 2. The van der Waals surface area contributed by atoms with Crippen molar-refractivity contribution in [2.45, 2.75) is 0 Å². The van der Waals surface area contributed by atoms with Crippen molar-refractivity contribution >= 4 is 21.5 Å². The third-order valence-corrected chi connectivity index (χ3v) is 7.68. The van der Waals surface area contributed by atoms with Crippen molar-refractivity contribution in [2.75, 3.05) is 0 Å². The molecule has 0 fully saturated rings. The molecule has 2 nitrogen and oxygen atoms in total. The minimum atomic E-state index is 0. The maximum atomic E-state index is 4.47. The molecular formula is C40H28N2Zr. The predicted molar refractivity (Wildman–Crippen MR) is 176 cm³/mol. The van der Waals surface area contributed by atoms with Crippen LogP contribution in [0.2, 0.25) is 0 Å². The summed E-state index contributed by atoms with van der Waals surface area (Å²) < 4.78 is 0. The zero-order valence-electron chi connectivity index (χ0n) is 23.6. The van der Waals surface area contributed by atoms with E-state index in [1.807, 2.05) is 48.8 Å². The van der Waals surface area contributed by atoms with Gasteiger partial charge in [-0.15, -0.1) is 57.9 Å². The van der Waals surface area contributed by atoms with Crippen molar-refractivity contribution in [3.05, 3.63) is 170 Å². The number of hydrogen-bond acceptors (Lipinski definition) is 2. The van der Waals surface area contributed by atoms with Gasteiger partial charge in [-0.2, -0.15) is 0 Å².